The van der Waals surface area contributed by atoms with Crippen LogP contribution in [0.25, 0.3) is 0 Å². The third-order valence-electron chi connectivity index (χ3n) is 3.78. The molecule has 0 unspecified atom stereocenters. The Morgan fingerprint density at radius 2 is 1.89 bits per heavy atom. The average molecular weight is 398 g/mol. The molecule has 0 aliphatic carbocycles. The maximum absolute atomic E-state index is 5.78. The van der Waals surface area contributed by atoms with E-state index in [0.717, 1.165) is 11.3 Å². The summed E-state index contributed by atoms with van der Waals surface area (Å²) in [5.41, 5.74) is 0.871. The van der Waals surface area contributed by atoms with Gasteiger partial charge in [0.15, 0.2) is 17.3 Å². The molecule has 0 saturated heterocycles. The normalized spacial score (nSPS) is 11.0. The highest BCUT2D eigenvalue weighted by Gasteiger charge is 2.11. The fraction of sp³-hybridized carbons (Fsp3) is 0.250. The van der Waals surface area contributed by atoms with Crippen LogP contribution in [0.1, 0.15) is 18.3 Å². The number of hydrogen-bond acceptors (Lipinski definition) is 7. The van der Waals surface area contributed by atoms with E-state index >= 15 is 0 Å². The Balaban J connectivity index is 1.80. The van der Waals surface area contributed by atoms with Gasteiger partial charge >= 0.3 is 0 Å². The summed E-state index contributed by atoms with van der Waals surface area (Å²) in [6, 6.07) is 15.2. The van der Waals surface area contributed by atoms with Crippen LogP contribution in [0.2, 0.25) is 0 Å². The number of ether oxygens (including phenoxy) is 3. The molecule has 0 bridgehead atoms. The van der Waals surface area contributed by atoms with E-state index < -0.39 is 0 Å². The van der Waals surface area contributed by atoms with Crippen molar-refractivity contribution in [1.82, 2.24) is 14.9 Å². The zero-order valence-electron chi connectivity index (χ0n) is 16.0. The molecule has 0 aliphatic rings. The lowest BCUT2D eigenvalue weighted by Crippen LogP contribution is -2.05. The van der Waals surface area contributed by atoms with E-state index in [4.69, 9.17) is 14.2 Å². The summed E-state index contributed by atoms with van der Waals surface area (Å²) in [4.78, 5) is 0. The van der Waals surface area contributed by atoms with E-state index in [1.165, 1.54) is 11.8 Å². The van der Waals surface area contributed by atoms with Crippen LogP contribution in [0.3, 0.4) is 0 Å². The Bertz CT molecular complexity index is 928. The van der Waals surface area contributed by atoms with Gasteiger partial charge in [-0.1, -0.05) is 30.0 Å². The minimum atomic E-state index is 0.265. The van der Waals surface area contributed by atoms with Gasteiger partial charge in [-0.15, -0.1) is 10.2 Å². The average Bonchev–Trinajstić information content (AvgIpc) is 3.14. The molecule has 0 saturated carbocycles. The predicted octanol–water partition coefficient (Wildman–Crippen LogP) is 3.87. The van der Waals surface area contributed by atoms with Crippen molar-refractivity contribution in [1.29, 1.82) is 0 Å². The molecule has 0 N–H and O–H groups in total. The van der Waals surface area contributed by atoms with E-state index in [2.05, 4.69) is 15.3 Å². The number of methoxy groups -OCH3 is 1. The molecule has 0 aliphatic heterocycles. The molecule has 2 aromatic carbocycles. The molecule has 146 valence electrons. The third kappa shape index (κ3) is 4.83. The molecule has 0 atom stereocenters. The Kier molecular flexibility index (Phi) is 6.91. The molecule has 8 heteroatoms. The van der Waals surface area contributed by atoms with Crippen molar-refractivity contribution in [2.75, 3.05) is 20.0 Å². The summed E-state index contributed by atoms with van der Waals surface area (Å²) in [6.45, 7) is 2.78. The molecule has 3 rings (SSSR count). The molecular weight excluding hydrogens is 376 g/mol. The molecule has 7 nitrogen and oxygen atoms in total. The van der Waals surface area contributed by atoms with E-state index in [-0.39, 0.29) is 6.61 Å². The minimum absolute atomic E-state index is 0.265. The fourth-order valence-corrected chi connectivity index (χ4v) is 2.91. The van der Waals surface area contributed by atoms with Gasteiger partial charge in [0, 0.05) is 0 Å². The van der Waals surface area contributed by atoms with Gasteiger partial charge in [0.1, 0.15) is 12.4 Å². The molecule has 3 aromatic rings. The first kappa shape index (κ1) is 19.8. The van der Waals surface area contributed by atoms with Crippen LogP contribution in [0.5, 0.6) is 17.2 Å². The molecule has 1 heterocycles. The number of rotatable bonds is 9. The highest BCUT2D eigenvalue weighted by atomic mass is 32.2. The SMILES string of the molecule is CCOc1ccc(/C=N\n2c(COc3ccccc3)nnc2SC)cc1OC. The lowest BCUT2D eigenvalue weighted by molar-refractivity contribution is 0.290. The summed E-state index contributed by atoms with van der Waals surface area (Å²) in [5.74, 6) is 2.74. The smallest absolute Gasteiger partial charge is 0.211 e. The van der Waals surface area contributed by atoms with Gasteiger partial charge in [-0.3, -0.25) is 0 Å². The van der Waals surface area contributed by atoms with Gasteiger partial charge in [0.05, 0.1) is 19.9 Å². The largest absolute Gasteiger partial charge is 0.493 e. The van der Waals surface area contributed by atoms with Crippen molar-refractivity contribution >= 4 is 18.0 Å². The van der Waals surface area contributed by atoms with Crippen LogP contribution < -0.4 is 14.2 Å². The quantitative estimate of drug-likeness (QED) is 0.403. The van der Waals surface area contributed by atoms with Gasteiger partial charge in [0.25, 0.3) is 0 Å². The fourth-order valence-electron chi connectivity index (χ4n) is 2.46. The molecule has 1 aromatic heterocycles. The van der Waals surface area contributed by atoms with Crippen LogP contribution in [-0.2, 0) is 6.61 Å². The number of nitrogens with zero attached hydrogens (tertiary/aromatic N) is 4. The van der Waals surface area contributed by atoms with Gasteiger partial charge < -0.3 is 14.2 Å². The summed E-state index contributed by atoms with van der Waals surface area (Å²) in [5, 5.41) is 13.6. The summed E-state index contributed by atoms with van der Waals surface area (Å²) in [7, 11) is 1.61. The summed E-state index contributed by atoms with van der Waals surface area (Å²) < 4.78 is 18.4. The predicted molar refractivity (Wildman–Crippen MR) is 110 cm³/mol. The van der Waals surface area contributed by atoms with Crippen LogP contribution in [0.4, 0.5) is 0 Å². The second-order valence-electron chi connectivity index (χ2n) is 5.60. The van der Waals surface area contributed by atoms with Crippen molar-refractivity contribution < 1.29 is 14.2 Å². The second-order valence-corrected chi connectivity index (χ2v) is 6.38. The maximum atomic E-state index is 5.78. The number of para-hydroxylation sites is 1. The monoisotopic (exact) mass is 398 g/mol. The number of benzene rings is 2. The summed E-state index contributed by atoms with van der Waals surface area (Å²) >= 11 is 1.47. The lowest BCUT2D eigenvalue weighted by atomic mass is 10.2. The number of hydrogen-bond donors (Lipinski definition) is 0. The first-order valence-corrected chi connectivity index (χ1v) is 9.99. The minimum Gasteiger partial charge on any atom is -0.493 e. The Hall–Kier alpha value is -3.00. The lowest BCUT2D eigenvalue weighted by Gasteiger charge is -2.09. The van der Waals surface area contributed by atoms with E-state index in [0.29, 0.717) is 29.1 Å². The van der Waals surface area contributed by atoms with Gasteiger partial charge in [-0.25, -0.2) is 0 Å². The first-order valence-electron chi connectivity index (χ1n) is 8.76. The molecule has 28 heavy (non-hydrogen) atoms. The topological polar surface area (TPSA) is 70.8 Å². The number of thioether (sulfide) groups is 1. The van der Waals surface area contributed by atoms with Crippen molar-refractivity contribution in [3.63, 3.8) is 0 Å². The number of aromatic nitrogens is 3. The van der Waals surface area contributed by atoms with E-state index in [1.807, 2.05) is 61.7 Å². The zero-order chi connectivity index (χ0) is 19.8. The Morgan fingerprint density at radius 3 is 2.61 bits per heavy atom. The van der Waals surface area contributed by atoms with Gasteiger partial charge in [0.2, 0.25) is 5.16 Å². The molecule has 0 spiro atoms. The second kappa shape index (κ2) is 9.80. The zero-order valence-corrected chi connectivity index (χ0v) is 16.8. The van der Waals surface area contributed by atoms with Crippen molar-refractivity contribution in [2.45, 2.75) is 18.7 Å². The van der Waals surface area contributed by atoms with E-state index in [9.17, 15) is 0 Å². The van der Waals surface area contributed by atoms with Gasteiger partial charge in [-0.2, -0.15) is 9.78 Å². The van der Waals surface area contributed by atoms with Gasteiger partial charge in [-0.05, 0) is 49.1 Å². The van der Waals surface area contributed by atoms with E-state index in [1.54, 1.807) is 18.0 Å². The van der Waals surface area contributed by atoms with Crippen LogP contribution in [0.15, 0.2) is 58.8 Å². The van der Waals surface area contributed by atoms with Crippen LogP contribution >= 0.6 is 11.8 Å². The third-order valence-corrected chi connectivity index (χ3v) is 4.40. The van der Waals surface area contributed by atoms with Crippen molar-refractivity contribution in [2.24, 2.45) is 5.10 Å². The Labute approximate surface area is 168 Å². The highest BCUT2D eigenvalue weighted by molar-refractivity contribution is 7.98. The maximum Gasteiger partial charge on any atom is 0.211 e. The summed E-state index contributed by atoms with van der Waals surface area (Å²) in [6.07, 6.45) is 3.66. The first-order chi connectivity index (χ1) is 13.7. The molecule has 0 radical (unpaired) electrons. The van der Waals surface area contributed by atoms with Crippen LogP contribution in [-0.4, -0.2) is 41.1 Å². The Morgan fingerprint density at radius 1 is 1.07 bits per heavy atom. The molecule has 0 fully saturated rings. The van der Waals surface area contributed by atoms with Crippen LogP contribution in [0, 0.1) is 0 Å². The molecule has 0 amide bonds. The van der Waals surface area contributed by atoms with Crippen molar-refractivity contribution in [3.05, 3.63) is 59.9 Å². The standard InChI is InChI=1S/C20H22N4O3S/c1-4-26-17-11-10-15(12-18(17)25-2)13-21-24-19(22-23-20(24)28-3)14-27-16-8-6-5-7-9-16/h5-13H,4,14H2,1-3H3/b21-13-. The molecular formula is C20H22N4O3S. The highest BCUT2D eigenvalue weighted by Crippen LogP contribution is 2.27. The van der Waals surface area contributed by atoms with Crippen molar-refractivity contribution in [3.8, 4) is 17.2 Å².